The first-order valence-electron chi connectivity index (χ1n) is 10.1. The molecule has 1 aromatic heterocycles. The summed E-state index contributed by atoms with van der Waals surface area (Å²) in [6, 6.07) is 0. The number of rotatable bonds is 10. The van der Waals surface area contributed by atoms with Crippen molar-refractivity contribution in [1.82, 2.24) is 9.55 Å². The predicted molar refractivity (Wildman–Crippen MR) is 118 cm³/mol. The minimum absolute atomic E-state index is 0.0169. The van der Waals surface area contributed by atoms with Crippen LogP contribution in [-0.4, -0.2) is 61.7 Å². The lowest BCUT2D eigenvalue weighted by atomic mass is 9.92. The molecule has 1 aliphatic rings. The first kappa shape index (κ1) is 26.8. The number of nitrogens with one attached hydrogen (secondary N) is 1. The van der Waals surface area contributed by atoms with Gasteiger partial charge in [0.05, 0.1) is 0 Å². The van der Waals surface area contributed by atoms with Crippen LogP contribution in [0.2, 0.25) is 0 Å². The maximum Gasteiger partial charge on any atom is 0.697 e. The fraction of sp³-hybridized carbons (Fsp3) is 0.737. The molecule has 32 heavy (non-hydrogen) atoms. The SMILES string of the molecule is CCC(C)(C)C(=O)SCCO[P+](=O)OC[C@H]1O[C@@H](n2cc(C)c(=O)[nH]c2=O)C(C)(O)[C@H]1O. The van der Waals surface area contributed by atoms with Gasteiger partial charge in [0.1, 0.15) is 31.0 Å². The lowest BCUT2D eigenvalue weighted by Crippen LogP contribution is -2.47. The molecule has 0 amide bonds. The fourth-order valence-electron chi connectivity index (χ4n) is 2.90. The summed E-state index contributed by atoms with van der Waals surface area (Å²) >= 11 is 1.09. The van der Waals surface area contributed by atoms with Gasteiger partial charge in [0.25, 0.3) is 5.56 Å². The van der Waals surface area contributed by atoms with Crippen LogP contribution >= 0.6 is 20.0 Å². The van der Waals surface area contributed by atoms with Crippen LogP contribution in [0.1, 0.15) is 45.9 Å². The highest BCUT2D eigenvalue weighted by molar-refractivity contribution is 8.13. The van der Waals surface area contributed by atoms with E-state index in [0.29, 0.717) is 12.2 Å². The third kappa shape index (κ3) is 6.13. The molecule has 1 aromatic rings. The van der Waals surface area contributed by atoms with E-state index in [9.17, 15) is 29.2 Å². The second kappa shape index (κ2) is 10.7. The molecule has 3 N–H and O–H groups in total. The van der Waals surface area contributed by atoms with Gasteiger partial charge in [-0.2, -0.15) is 0 Å². The Kier molecular flexibility index (Phi) is 8.97. The third-order valence-electron chi connectivity index (χ3n) is 5.45. The topological polar surface area (TPSA) is 157 Å². The number of carbonyl (C=O) groups is 1. The van der Waals surface area contributed by atoms with Gasteiger partial charge in [-0.3, -0.25) is 19.1 Å². The molecule has 0 aromatic carbocycles. The van der Waals surface area contributed by atoms with E-state index >= 15 is 0 Å². The van der Waals surface area contributed by atoms with Gasteiger partial charge in [0.2, 0.25) is 0 Å². The summed E-state index contributed by atoms with van der Waals surface area (Å²) in [5.74, 6) is 0.306. The zero-order valence-corrected chi connectivity index (χ0v) is 20.4. The van der Waals surface area contributed by atoms with Crippen molar-refractivity contribution < 1.29 is 33.4 Å². The zero-order chi connectivity index (χ0) is 24.3. The molecular formula is C19H30N2O9PS+. The Morgan fingerprint density at radius 2 is 2.06 bits per heavy atom. The van der Waals surface area contributed by atoms with Crippen LogP contribution in [-0.2, 0) is 23.1 Å². The van der Waals surface area contributed by atoms with Gasteiger partial charge in [0, 0.05) is 27.5 Å². The number of aliphatic hydroxyl groups excluding tert-OH is 1. The van der Waals surface area contributed by atoms with Crippen molar-refractivity contribution >= 4 is 25.1 Å². The zero-order valence-electron chi connectivity index (χ0n) is 18.7. The number of aliphatic hydroxyl groups is 2. The first-order chi connectivity index (χ1) is 14.8. The van der Waals surface area contributed by atoms with Crippen molar-refractivity contribution in [3.8, 4) is 0 Å². The van der Waals surface area contributed by atoms with Crippen LogP contribution in [0, 0.1) is 12.3 Å². The van der Waals surface area contributed by atoms with Gasteiger partial charge in [-0.1, -0.05) is 32.5 Å². The predicted octanol–water partition coefficient (Wildman–Crippen LogP) is 1.24. The average molecular weight is 493 g/mol. The maximum absolute atomic E-state index is 12.1. The van der Waals surface area contributed by atoms with Gasteiger partial charge in [-0.25, -0.2) is 4.79 Å². The summed E-state index contributed by atoms with van der Waals surface area (Å²) in [5, 5.41) is 21.1. The molecule has 0 spiro atoms. The van der Waals surface area contributed by atoms with E-state index in [2.05, 4.69) is 4.98 Å². The fourth-order valence-corrected chi connectivity index (χ4v) is 4.49. The van der Waals surface area contributed by atoms with Gasteiger partial charge in [-0.05, 0) is 20.3 Å². The summed E-state index contributed by atoms with van der Waals surface area (Å²) in [5.41, 5.74) is -3.51. The lowest BCUT2D eigenvalue weighted by molar-refractivity contribution is -0.118. The van der Waals surface area contributed by atoms with Crippen LogP contribution < -0.4 is 11.2 Å². The van der Waals surface area contributed by atoms with Crippen molar-refractivity contribution in [1.29, 1.82) is 0 Å². The Balaban J connectivity index is 1.89. The maximum atomic E-state index is 12.1. The molecule has 13 heteroatoms. The Morgan fingerprint density at radius 3 is 2.69 bits per heavy atom. The second-order valence-corrected chi connectivity index (χ2v) is 10.4. The minimum atomic E-state index is -2.56. The molecule has 180 valence electrons. The molecule has 2 unspecified atom stereocenters. The minimum Gasteiger partial charge on any atom is -0.387 e. The number of aromatic amines is 1. The van der Waals surface area contributed by atoms with E-state index in [1.165, 1.54) is 20.0 Å². The van der Waals surface area contributed by atoms with E-state index in [0.717, 1.165) is 16.3 Å². The second-order valence-electron chi connectivity index (χ2n) is 8.40. The third-order valence-corrected chi connectivity index (χ3v) is 7.39. The smallest absolute Gasteiger partial charge is 0.387 e. The number of nitrogens with zero attached hydrogens (tertiary/aromatic N) is 1. The number of aromatic nitrogens is 2. The van der Waals surface area contributed by atoms with Gasteiger partial charge >= 0.3 is 13.9 Å². The van der Waals surface area contributed by atoms with Crippen LogP contribution in [0.15, 0.2) is 15.8 Å². The van der Waals surface area contributed by atoms with E-state index in [4.69, 9.17) is 13.8 Å². The van der Waals surface area contributed by atoms with Crippen molar-refractivity contribution in [3.63, 3.8) is 0 Å². The van der Waals surface area contributed by atoms with Crippen molar-refractivity contribution in [2.24, 2.45) is 5.41 Å². The molecule has 5 atom stereocenters. The monoisotopic (exact) mass is 493 g/mol. The highest BCUT2D eigenvalue weighted by Crippen LogP contribution is 2.39. The standard InChI is InChI=1S/C19H29N2O9PS/c1-6-18(3,4)16(24)32-8-7-28-31(27)29-10-12-13(22)19(5,26)15(30-12)21-9-11(2)14(23)20-17(21)25/h9,12-13,15,22,26H,6-8,10H2,1-5H3/p+1/t12-,13+,15-,19?/m1/s1. The van der Waals surface area contributed by atoms with Crippen molar-refractivity contribution in [3.05, 3.63) is 32.6 Å². The van der Waals surface area contributed by atoms with Crippen LogP contribution in [0.3, 0.4) is 0 Å². The number of thioether (sulfide) groups is 1. The molecule has 11 nitrogen and oxygen atoms in total. The summed E-state index contributed by atoms with van der Waals surface area (Å²) in [4.78, 5) is 37.9. The Bertz CT molecular complexity index is 959. The summed E-state index contributed by atoms with van der Waals surface area (Å²) in [6.45, 7) is 8.02. The highest BCUT2D eigenvalue weighted by Gasteiger charge is 2.54. The largest absolute Gasteiger partial charge is 0.697 e. The number of hydrogen-bond donors (Lipinski definition) is 3. The van der Waals surface area contributed by atoms with Crippen molar-refractivity contribution in [2.45, 2.75) is 65.1 Å². The molecule has 2 heterocycles. The van der Waals surface area contributed by atoms with Crippen molar-refractivity contribution in [2.75, 3.05) is 19.0 Å². The number of H-pyrrole nitrogens is 1. The lowest BCUT2D eigenvalue weighted by Gasteiger charge is -2.27. The van der Waals surface area contributed by atoms with E-state index in [1.54, 1.807) is 0 Å². The summed E-state index contributed by atoms with van der Waals surface area (Å²) < 4.78 is 28.7. The average Bonchev–Trinajstić information content (AvgIpc) is 2.95. The van der Waals surface area contributed by atoms with E-state index in [1.807, 2.05) is 20.8 Å². The highest BCUT2D eigenvalue weighted by atomic mass is 32.2. The molecule has 2 rings (SSSR count). The van der Waals surface area contributed by atoms with Gasteiger partial charge in [0.15, 0.2) is 11.3 Å². The summed E-state index contributed by atoms with van der Waals surface area (Å²) in [7, 11) is -2.56. The number of carbonyl (C=O) groups excluding carboxylic acids is 1. The normalized spacial score (nSPS) is 26.3. The number of hydrogen-bond acceptors (Lipinski definition) is 10. The van der Waals surface area contributed by atoms with Gasteiger partial charge < -0.3 is 14.9 Å². The number of aryl methyl sites for hydroxylation is 1. The molecule has 0 aliphatic carbocycles. The van der Waals surface area contributed by atoms with Crippen LogP contribution in [0.5, 0.6) is 0 Å². The van der Waals surface area contributed by atoms with E-state index < -0.39 is 49.0 Å². The molecule has 1 fully saturated rings. The van der Waals surface area contributed by atoms with E-state index in [-0.39, 0.29) is 23.9 Å². The van der Waals surface area contributed by atoms with Crippen LogP contribution in [0.25, 0.3) is 0 Å². The quantitative estimate of drug-likeness (QED) is 0.320. The first-order valence-corrected chi connectivity index (χ1v) is 12.2. The molecular weight excluding hydrogens is 463 g/mol. The Morgan fingerprint density at radius 1 is 1.41 bits per heavy atom. The molecule has 0 saturated carbocycles. The van der Waals surface area contributed by atoms with Gasteiger partial charge in [-0.15, -0.1) is 9.05 Å². The Labute approximate surface area is 190 Å². The molecule has 1 saturated heterocycles. The Hall–Kier alpha value is -1.40. The molecule has 0 bridgehead atoms. The number of ether oxygens (including phenoxy) is 1. The molecule has 1 aliphatic heterocycles. The summed E-state index contributed by atoms with van der Waals surface area (Å²) in [6.07, 6.45) is -1.97. The van der Waals surface area contributed by atoms with Crippen LogP contribution in [0.4, 0.5) is 0 Å². The molecule has 0 radical (unpaired) electrons.